The van der Waals surface area contributed by atoms with Crippen LogP contribution in [-0.2, 0) is 12.8 Å². The Hall–Kier alpha value is -3.34. The minimum atomic E-state index is -0.202. The predicted molar refractivity (Wildman–Crippen MR) is 101 cm³/mol. The number of halogens is 1. The Morgan fingerprint density at radius 3 is 2.37 bits per heavy atom. The van der Waals surface area contributed by atoms with Gasteiger partial charge in [0.2, 0.25) is 11.7 Å². The molecule has 2 aromatic heterocycles. The quantitative estimate of drug-likeness (QED) is 0.480. The van der Waals surface area contributed by atoms with Gasteiger partial charge in [-0.2, -0.15) is 4.98 Å². The van der Waals surface area contributed by atoms with Crippen molar-refractivity contribution in [3.8, 4) is 22.5 Å². The molecule has 5 heteroatoms. The number of hydrogen-bond acceptors (Lipinski definition) is 4. The number of aryl methyl sites for hydroxylation is 2. The van der Waals surface area contributed by atoms with E-state index in [2.05, 4.69) is 15.1 Å². The molecule has 0 spiro atoms. The van der Waals surface area contributed by atoms with Gasteiger partial charge >= 0.3 is 0 Å². The van der Waals surface area contributed by atoms with Gasteiger partial charge < -0.3 is 4.52 Å². The number of aromatic nitrogens is 3. The predicted octanol–water partition coefficient (Wildman–Crippen LogP) is 5.11. The molecule has 2 aromatic carbocycles. The molecule has 0 aliphatic heterocycles. The van der Waals surface area contributed by atoms with E-state index in [1.54, 1.807) is 24.5 Å². The lowest BCUT2D eigenvalue weighted by Crippen LogP contribution is -1.91. The fraction of sp³-hybridized carbons (Fsp3) is 0.136. The zero-order valence-electron chi connectivity index (χ0n) is 14.7. The van der Waals surface area contributed by atoms with E-state index in [1.165, 1.54) is 11.6 Å². The Bertz CT molecular complexity index is 1010. The summed E-state index contributed by atoms with van der Waals surface area (Å²) in [5.41, 5.74) is 3.60. The molecule has 0 aliphatic rings. The molecule has 0 fully saturated rings. The van der Waals surface area contributed by atoms with Crippen LogP contribution in [0.25, 0.3) is 22.5 Å². The maximum Gasteiger partial charge on any atom is 0.226 e. The summed E-state index contributed by atoms with van der Waals surface area (Å²) in [4.78, 5) is 8.41. The molecule has 0 saturated carbocycles. The number of pyridine rings is 1. The number of nitrogens with zero attached hydrogens (tertiary/aromatic N) is 3. The van der Waals surface area contributed by atoms with Crippen molar-refractivity contribution < 1.29 is 8.91 Å². The van der Waals surface area contributed by atoms with Gasteiger partial charge in [-0.15, -0.1) is 0 Å². The van der Waals surface area contributed by atoms with Crippen LogP contribution in [0.15, 0.2) is 77.6 Å². The summed E-state index contributed by atoms with van der Waals surface area (Å²) in [7, 11) is 0. The van der Waals surface area contributed by atoms with E-state index in [0.29, 0.717) is 23.7 Å². The molecular formula is C22H18FN3O. The van der Waals surface area contributed by atoms with Crippen molar-refractivity contribution in [2.75, 3.05) is 0 Å². The van der Waals surface area contributed by atoms with E-state index in [9.17, 15) is 4.39 Å². The molecule has 4 aromatic rings. The lowest BCUT2D eigenvalue weighted by Gasteiger charge is -2.05. The van der Waals surface area contributed by atoms with Crippen LogP contribution >= 0.6 is 0 Å². The van der Waals surface area contributed by atoms with Gasteiger partial charge in [0.25, 0.3) is 0 Å². The minimum Gasteiger partial charge on any atom is -0.339 e. The van der Waals surface area contributed by atoms with Crippen molar-refractivity contribution in [2.24, 2.45) is 0 Å². The normalized spacial score (nSPS) is 10.9. The van der Waals surface area contributed by atoms with E-state index < -0.39 is 0 Å². The second kappa shape index (κ2) is 7.91. The van der Waals surface area contributed by atoms with Crippen LogP contribution in [-0.4, -0.2) is 15.1 Å². The molecule has 0 bridgehead atoms. The first-order valence-electron chi connectivity index (χ1n) is 8.86. The van der Waals surface area contributed by atoms with E-state index >= 15 is 0 Å². The molecule has 134 valence electrons. The first kappa shape index (κ1) is 17.1. The van der Waals surface area contributed by atoms with Crippen LogP contribution in [0.2, 0.25) is 0 Å². The molecule has 0 saturated heterocycles. The van der Waals surface area contributed by atoms with E-state index in [0.717, 1.165) is 24.0 Å². The summed E-state index contributed by atoms with van der Waals surface area (Å²) in [5, 5.41) is 4.02. The number of rotatable bonds is 6. The Morgan fingerprint density at radius 1 is 0.815 bits per heavy atom. The molecule has 0 amide bonds. The van der Waals surface area contributed by atoms with Gasteiger partial charge in [-0.1, -0.05) is 47.6 Å². The van der Waals surface area contributed by atoms with Crippen molar-refractivity contribution in [3.63, 3.8) is 0 Å². The minimum absolute atomic E-state index is 0.202. The molecule has 0 radical (unpaired) electrons. The first-order valence-corrected chi connectivity index (χ1v) is 8.86. The van der Waals surface area contributed by atoms with Gasteiger partial charge in [-0.05, 0) is 42.2 Å². The highest BCUT2D eigenvalue weighted by Gasteiger charge is 2.08. The van der Waals surface area contributed by atoms with Crippen LogP contribution < -0.4 is 0 Å². The first-order chi connectivity index (χ1) is 13.3. The Morgan fingerprint density at radius 2 is 1.59 bits per heavy atom. The molecule has 27 heavy (non-hydrogen) atoms. The van der Waals surface area contributed by atoms with Gasteiger partial charge in [0, 0.05) is 29.9 Å². The lowest BCUT2D eigenvalue weighted by atomic mass is 10.0. The summed E-state index contributed by atoms with van der Waals surface area (Å²) in [6.07, 6.45) is 5.92. The zero-order valence-corrected chi connectivity index (χ0v) is 14.7. The maximum atomic E-state index is 13.9. The topological polar surface area (TPSA) is 51.8 Å². The Kier molecular flexibility index (Phi) is 5.01. The van der Waals surface area contributed by atoms with Crippen LogP contribution in [0.1, 0.15) is 17.9 Å². The summed E-state index contributed by atoms with van der Waals surface area (Å²) < 4.78 is 19.2. The largest absolute Gasteiger partial charge is 0.339 e. The lowest BCUT2D eigenvalue weighted by molar-refractivity contribution is 0.376. The third kappa shape index (κ3) is 4.08. The third-order valence-electron chi connectivity index (χ3n) is 4.40. The average Bonchev–Trinajstić information content (AvgIpc) is 3.19. The summed E-state index contributed by atoms with van der Waals surface area (Å²) in [5.74, 6) is 1.01. The molecule has 0 N–H and O–H groups in total. The van der Waals surface area contributed by atoms with E-state index in [4.69, 9.17) is 4.52 Å². The summed E-state index contributed by atoms with van der Waals surface area (Å²) in [6, 6.07) is 18.5. The molecule has 0 unspecified atom stereocenters. The number of benzene rings is 2. The van der Waals surface area contributed by atoms with Crippen LogP contribution in [0, 0.1) is 5.82 Å². The molecule has 4 rings (SSSR count). The zero-order chi connectivity index (χ0) is 18.5. The Balaban J connectivity index is 1.35. The number of hydrogen-bond donors (Lipinski definition) is 0. The highest BCUT2D eigenvalue weighted by Crippen LogP contribution is 2.23. The van der Waals surface area contributed by atoms with Crippen molar-refractivity contribution in [1.29, 1.82) is 0 Å². The SMILES string of the molecule is Fc1ccccc1-c1ccc(CCCc2nc(-c3ccncc3)no2)cc1. The fourth-order valence-corrected chi connectivity index (χ4v) is 2.96. The van der Waals surface area contributed by atoms with Crippen molar-refractivity contribution in [1.82, 2.24) is 15.1 Å². The second-order valence-electron chi connectivity index (χ2n) is 6.28. The van der Waals surface area contributed by atoms with Crippen LogP contribution in [0.4, 0.5) is 4.39 Å². The smallest absolute Gasteiger partial charge is 0.226 e. The standard InChI is InChI=1S/C22H18FN3O/c23-20-6-2-1-5-19(20)17-10-8-16(9-11-17)4-3-7-21-25-22(26-27-21)18-12-14-24-15-13-18/h1-2,5-6,8-15H,3-4,7H2. The average molecular weight is 359 g/mol. The fourth-order valence-electron chi connectivity index (χ4n) is 2.96. The molecule has 0 aliphatic carbocycles. The maximum absolute atomic E-state index is 13.9. The highest BCUT2D eigenvalue weighted by molar-refractivity contribution is 5.64. The summed E-state index contributed by atoms with van der Waals surface area (Å²) in [6.45, 7) is 0. The van der Waals surface area contributed by atoms with Crippen LogP contribution in [0.3, 0.4) is 0 Å². The van der Waals surface area contributed by atoms with Crippen LogP contribution in [0.5, 0.6) is 0 Å². The van der Waals surface area contributed by atoms with E-state index in [-0.39, 0.29) is 5.82 Å². The van der Waals surface area contributed by atoms with Gasteiger partial charge in [0.15, 0.2) is 0 Å². The van der Waals surface area contributed by atoms with Gasteiger partial charge in [0.1, 0.15) is 5.82 Å². The van der Waals surface area contributed by atoms with Crippen molar-refractivity contribution >= 4 is 0 Å². The molecule has 0 atom stereocenters. The Labute approximate surface area is 156 Å². The molecule has 2 heterocycles. The summed E-state index contributed by atoms with van der Waals surface area (Å²) >= 11 is 0. The third-order valence-corrected chi connectivity index (χ3v) is 4.40. The molecule has 4 nitrogen and oxygen atoms in total. The second-order valence-corrected chi connectivity index (χ2v) is 6.28. The van der Waals surface area contributed by atoms with E-state index in [1.807, 2.05) is 42.5 Å². The van der Waals surface area contributed by atoms with Crippen molar-refractivity contribution in [3.05, 3.63) is 90.3 Å². The van der Waals surface area contributed by atoms with Crippen molar-refractivity contribution in [2.45, 2.75) is 19.3 Å². The van der Waals surface area contributed by atoms with Gasteiger partial charge in [-0.3, -0.25) is 4.98 Å². The monoisotopic (exact) mass is 359 g/mol. The molecular weight excluding hydrogens is 341 g/mol. The van der Waals surface area contributed by atoms with Gasteiger partial charge in [-0.25, -0.2) is 4.39 Å². The van der Waals surface area contributed by atoms with Gasteiger partial charge in [0.05, 0.1) is 0 Å². The highest BCUT2D eigenvalue weighted by atomic mass is 19.1.